The molecule has 0 saturated heterocycles. The van der Waals surface area contributed by atoms with E-state index in [0.29, 0.717) is 18.2 Å². The summed E-state index contributed by atoms with van der Waals surface area (Å²) >= 11 is 0. The third-order valence-electron chi connectivity index (χ3n) is 2.25. The number of hydrogen-bond acceptors (Lipinski definition) is 3. The van der Waals surface area contributed by atoms with Crippen molar-refractivity contribution in [2.75, 3.05) is 19.6 Å². The monoisotopic (exact) mass is 318 g/mol. The van der Waals surface area contributed by atoms with Crippen molar-refractivity contribution >= 4 is 10.0 Å². The van der Waals surface area contributed by atoms with Crippen LogP contribution in [0.2, 0.25) is 0 Å². The van der Waals surface area contributed by atoms with Crippen molar-refractivity contribution in [1.82, 2.24) is 4.31 Å². The van der Waals surface area contributed by atoms with Crippen LogP contribution in [0.5, 0.6) is 0 Å². The van der Waals surface area contributed by atoms with Gasteiger partial charge in [-0.3, -0.25) is 0 Å². The molecule has 0 atom stereocenters. The highest BCUT2D eigenvalue weighted by Gasteiger charge is 2.37. The molecule has 10 heteroatoms. The van der Waals surface area contributed by atoms with Crippen LogP contribution in [0.4, 0.5) is 22.0 Å². The van der Waals surface area contributed by atoms with Gasteiger partial charge in [-0.2, -0.15) is 17.5 Å². The van der Waals surface area contributed by atoms with Gasteiger partial charge in [-0.15, -0.1) is 0 Å². The Kier molecular flexibility index (Phi) is 5.05. The van der Waals surface area contributed by atoms with Gasteiger partial charge in [0.1, 0.15) is 23.1 Å². The lowest BCUT2D eigenvalue weighted by Crippen LogP contribution is -2.42. The lowest BCUT2D eigenvalue weighted by molar-refractivity contribution is -0.136. The fourth-order valence-corrected chi connectivity index (χ4v) is 2.96. The minimum Gasteiger partial charge on any atom is -0.329 e. The Morgan fingerprint density at radius 3 is 2.30 bits per heavy atom. The molecule has 0 amide bonds. The molecule has 0 aliphatic rings. The van der Waals surface area contributed by atoms with E-state index < -0.39 is 52.4 Å². The first kappa shape index (κ1) is 16.8. The molecule has 4 nitrogen and oxygen atoms in total. The average Bonchev–Trinajstić information content (AvgIpc) is 2.30. The first-order valence-electron chi connectivity index (χ1n) is 5.30. The van der Waals surface area contributed by atoms with Crippen LogP contribution in [0.3, 0.4) is 0 Å². The van der Waals surface area contributed by atoms with Crippen LogP contribution < -0.4 is 5.73 Å². The molecule has 0 fully saturated rings. The number of nitrogens with zero attached hydrogens (tertiary/aromatic N) is 1. The molecule has 0 spiro atoms. The largest absolute Gasteiger partial charge is 0.402 e. The van der Waals surface area contributed by atoms with Crippen molar-refractivity contribution < 1.29 is 30.4 Å². The van der Waals surface area contributed by atoms with Gasteiger partial charge in [0.25, 0.3) is 0 Å². The van der Waals surface area contributed by atoms with Crippen LogP contribution >= 0.6 is 0 Å². The van der Waals surface area contributed by atoms with Crippen molar-refractivity contribution in [2.24, 2.45) is 5.73 Å². The Morgan fingerprint density at radius 1 is 1.20 bits per heavy atom. The van der Waals surface area contributed by atoms with E-state index in [0.717, 1.165) is 0 Å². The minimum atomic E-state index is -4.83. The molecule has 114 valence electrons. The van der Waals surface area contributed by atoms with Crippen LogP contribution in [0.25, 0.3) is 0 Å². The second kappa shape index (κ2) is 6.02. The second-order valence-corrected chi connectivity index (χ2v) is 5.72. The Bertz CT molecular complexity index is 574. The zero-order valence-corrected chi connectivity index (χ0v) is 10.8. The van der Waals surface area contributed by atoms with E-state index in [-0.39, 0.29) is 4.31 Å². The van der Waals surface area contributed by atoms with E-state index in [4.69, 9.17) is 5.73 Å². The summed E-state index contributed by atoms with van der Waals surface area (Å²) in [5.41, 5.74) is 5.05. The van der Waals surface area contributed by atoms with Crippen molar-refractivity contribution in [1.29, 1.82) is 0 Å². The van der Waals surface area contributed by atoms with Crippen LogP contribution in [0, 0.1) is 11.6 Å². The molecule has 0 radical (unpaired) electrons. The lowest BCUT2D eigenvalue weighted by Gasteiger charge is -2.23. The number of hydrogen-bond donors (Lipinski definition) is 1. The smallest absolute Gasteiger partial charge is 0.329 e. The van der Waals surface area contributed by atoms with E-state index in [9.17, 15) is 30.4 Å². The predicted octanol–water partition coefficient (Wildman–Crippen LogP) is 1.48. The average molecular weight is 318 g/mol. The van der Waals surface area contributed by atoms with Crippen LogP contribution in [-0.2, 0) is 10.0 Å². The minimum absolute atomic E-state index is 0.0369. The molecule has 0 bridgehead atoms. The van der Waals surface area contributed by atoms with Gasteiger partial charge < -0.3 is 5.73 Å². The fourth-order valence-electron chi connectivity index (χ4n) is 1.44. The molecule has 0 aromatic heterocycles. The summed E-state index contributed by atoms with van der Waals surface area (Å²) in [7, 11) is -4.83. The van der Waals surface area contributed by atoms with Gasteiger partial charge in [0.2, 0.25) is 10.0 Å². The molecule has 0 aliphatic carbocycles. The summed E-state index contributed by atoms with van der Waals surface area (Å²) in [5, 5.41) is 0. The third-order valence-corrected chi connectivity index (χ3v) is 4.11. The van der Waals surface area contributed by atoms with E-state index in [1.165, 1.54) is 0 Å². The number of rotatable bonds is 5. The Labute approximate surface area is 112 Å². The molecular formula is C10H11F5N2O2S. The van der Waals surface area contributed by atoms with E-state index in [1.54, 1.807) is 0 Å². The summed E-state index contributed by atoms with van der Waals surface area (Å²) in [6.07, 6.45) is -4.83. The van der Waals surface area contributed by atoms with Gasteiger partial charge in [-0.1, -0.05) is 0 Å². The highest BCUT2D eigenvalue weighted by molar-refractivity contribution is 7.89. The number of sulfonamides is 1. The summed E-state index contributed by atoms with van der Waals surface area (Å²) in [5.74, 6) is -2.42. The SMILES string of the molecule is NCCN(CC(F)(F)F)S(=O)(=O)c1cc(F)ccc1F. The molecule has 0 heterocycles. The summed E-state index contributed by atoms with van der Waals surface area (Å²) in [4.78, 5) is -1.16. The van der Waals surface area contributed by atoms with Crippen molar-refractivity contribution in [2.45, 2.75) is 11.1 Å². The molecule has 2 N–H and O–H groups in total. The molecule has 1 aromatic carbocycles. The Morgan fingerprint density at radius 2 is 1.80 bits per heavy atom. The van der Waals surface area contributed by atoms with Crippen molar-refractivity contribution in [3.63, 3.8) is 0 Å². The number of nitrogens with two attached hydrogens (primary N) is 1. The third kappa shape index (κ3) is 4.12. The quantitative estimate of drug-likeness (QED) is 0.837. The van der Waals surface area contributed by atoms with Gasteiger partial charge in [-0.05, 0) is 18.2 Å². The zero-order valence-electron chi connectivity index (χ0n) is 9.99. The first-order chi connectivity index (χ1) is 9.08. The van der Waals surface area contributed by atoms with Gasteiger partial charge >= 0.3 is 6.18 Å². The maximum atomic E-state index is 13.4. The lowest BCUT2D eigenvalue weighted by atomic mass is 10.3. The van der Waals surface area contributed by atoms with Crippen molar-refractivity contribution in [3.05, 3.63) is 29.8 Å². The van der Waals surface area contributed by atoms with Gasteiger partial charge in [0, 0.05) is 13.1 Å². The molecule has 20 heavy (non-hydrogen) atoms. The van der Waals surface area contributed by atoms with Gasteiger partial charge in [-0.25, -0.2) is 17.2 Å². The fraction of sp³-hybridized carbons (Fsp3) is 0.400. The Balaban J connectivity index is 3.26. The number of halogens is 5. The zero-order chi connectivity index (χ0) is 15.6. The molecular weight excluding hydrogens is 307 g/mol. The maximum Gasteiger partial charge on any atom is 0.402 e. The summed E-state index contributed by atoms with van der Waals surface area (Å²) in [6, 6.07) is 1.51. The first-order valence-corrected chi connectivity index (χ1v) is 6.74. The second-order valence-electron chi connectivity index (χ2n) is 3.82. The summed E-state index contributed by atoms with van der Waals surface area (Å²) in [6.45, 7) is -2.90. The number of alkyl halides is 3. The van der Waals surface area contributed by atoms with E-state index in [2.05, 4.69) is 0 Å². The normalized spacial score (nSPS) is 12.9. The van der Waals surface area contributed by atoms with Gasteiger partial charge in [0.15, 0.2) is 0 Å². The summed E-state index contributed by atoms with van der Waals surface area (Å²) < 4.78 is 87.2. The predicted molar refractivity (Wildman–Crippen MR) is 60.2 cm³/mol. The molecule has 1 rings (SSSR count). The van der Waals surface area contributed by atoms with Crippen molar-refractivity contribution in [3.8, 4) is 0 Å². The highest BCUT2D eigenvalue weighted by atomic mass is 32.2. The van der Waals surface area contributed by atoms with Gasteiger partial charge in [0.05, 0.1) is 0 Å². The van der Waals surface area contributed by atoms with Crippen LogP contribution in [-0.4, -0.2) is 38.5 Å². The number of benzene rings is 1. The maximum absolute atomic E-state index is 13.4. The van der Waals surface area contributed by atoms with E-state index >= 15 is 0 Å². The standard InChI is InChI=1S/C10H11F5N2O2S/c11-7-1-2-8(12)9(5-7)20(18,19)17(4-3-16)6-10(13,14)15/h1-2,5H,3-4,6,16H2. The Hall–Kier alpha value is -1.26. The highest BCUT2D eigenvalue weighted by Crippen LogP contribution is 2.24. The molecule has 1 aromatic rings. The topological polar surface area (TPSA) is 63.4 Å². The molecule has 0 unspecified atom stereocenters. The van der Waals surface area contributed by atoms with Crippen LogP contribution in [0.1, 0.15) is 0 Å². The molecule has 0 saturated carbocycles. The van der Waals surface area contributed by atoms with Crippen LogP contribution in [0.15, 0.2) is 23.1 Å². The van der Waals surface area contributed by atoms with E-state index in [1.807, 2.05) is 0 Å². The molecule has 0 aliphatic heterocycles.